The average molecular weight is 266 g/mol. The molecular formula is C18H18O2. The molecule has 2 nitrogen and oxygen atoms in total. The molecule has 0 spiro atoms. The topological polar surface area (TPSA) is 29.5 Å². The zero-order chi connectivity index (χ0) is 14.0. The van der Waals surface area contributed by atoms with Crippen LogP contribution in [0.25, 0.3) is 11.6 Å². The van der Waals surface area contributed by atoms with E-state index >= 15 is 0 Å². The summed E-state index contributed by atoms with van der Waals surface area (Å²) in [5.41, 5.74) is 2.89. The van der Waals surface area contributed by atoms with Gasteiger partial charge in [0.25, 0.3) is 0 Å². The molecule has 0 aliphatic carbocycles. The van der Waals surface area contributed by atoms with Crippen LogP contribution >= 0.6 is 0 Å². The third kappa shape index (κ3) is 4.41. The molecular weight excluding hydrogens is 248 g/mol. The van der Waals surface area contributed by atoms with Gasteiger partial charge in [0.15, 0.2) is 0 Å². The van der Waals surface area contributed by atoms with Gasteiger partial charge < -0.3 is 9.84 Å². The van der Waals surface area contributed by atoms with Crippen LogP contribution in [0.3, 0.4) is 0 Å². The van der Waals surface area contributed by atoms with Crippen molar-refractivity contribution in [2.75, 3.05) is 13.2 Å². The molecule has 102 valence electrons. The van der Waals surface area contributed by atoms with E-state index in [4.69, 9.17) is 4.74 Å². The molecule has 2 heteroatoms. The van der Waals surface area contributed by atoms with Crippen molar-refractivity contribution in [3.63, 3.8) is 0 Å². The van der Waals surface area contributed by atoms with Crippen LogP contribution in [0.4, 0.5) is 0 Å². The Balaban J connectivity index is 1.87. The maximum atomic E-state index is 9.35. The summed E-state index contributed by atoms with van der Waals surface area (Å²) in [7, 11) is 0. The normalized spacial score (nSPS) is 11.8. The van der Waals surface area contributed by atoms with E-state index in [0.29, 0.717) is 6.61 Å². The van der Waals surface area contributed by atoms with Crippen molar-refractivity contribution in [2.45, 2.75) is 0 Å². The fraction of sp³-hybridized carbons (Fsp3) is 0.111. The Kier molecular flexibility index (Phi) is 5.62. The summed E-state index contributed by atoms with van der Waals surface area (Å²) in [6.07, 6.45) is 5.57. The summed E-state index contributed by atoms with van der Waals surface area (Å²) in [5.74, 6) is 0. The largest absolute Gasteiger partial charge is 0.497 e. The van der Waals surface area contributed by atoms with Gasteiger partial charge in [0.1, 0.15) is 6.61 Å². The maximum absolute atomic E-state index is 9.35. The Hall–Kier alpha value is -2.32. The number of aliphatic hydroxyl groups is 1. The molecule has 0 bridgehead atoms. The molecule has 1 N–H and O–H groups in total. The molecule has 0 atom stereocenters. The molecule has 20 heavy (non-hydrogen) atoms. The van der Waals surface area contributed by atoms with Gasteiger partial charge in [0.05, 0.1) is 12.9 Å². The minimum absolute atomic E-state index is 0.0353. The Morgan fingerprint density at radius 1 is 0.950 bits per heavy atom. The van der Waals surface area contributed by atoms with Crippen LogP contribution in [-0.2, 0) is 4.74 Å². The Morgan fingerprint density at radius 2 is 1.60 bits per heavy atom. The zero-order valence-corrected chi connectivity index (χ0v) is 11.3. The quantitative estimate of drug-likeness (QED) is 0.637. The van der Waals surface area contributed by atoms with Crippen LogP contribution in [0.15, 0.2) is 73.0 Å². The number of aliphatic hydroxyl groups excluding tert-OH is 1. The molecule has 0 aliphatic rings. The molecule has 0 unspecified atom stereocenters. The minimum Gasteiger partial charge on any atom is -0.497 e. The Labute approximate surface area is 119 Å². The van der Waals surface area contributed by atoms with E-state index in [9.17, 15) is 5.11 Å². The van der Waals surface area contributed by atoms with Crippen LogP contribution in [0, 0.1) is 0 Å². The number of ether oxygens (including phenoxy) is 1. The molecule has 2 aromatic carbocycles. The highest BCUT2D eigenvalue weighted by Crippen LogP contribution is 2.13. The van der Waals surface area contributed by atoms with E-state index in [-0.39, 0.29) is 6.61 Å². The second-order valence-electron chi connectivity index (χ2n) is 4.31. The molecule has 0 heterocycles. The third-order valence-electron chi connectivity index (χ3n) is 2.84. The molecule has 2 rings (SSSR count). The van der Waals surface area contributed by atoms with Crippen molar-refractivity contribution in [3.8, 4) is 0 Å². The summed E-state index contributed by atoms with van der Waals surface area (Å²) in [4.78, 5) is 0. The SMILES string of the molecule is OCC(=COCC=Cc1ccccc1)c1ccccc1. The number of benzene rings is 2. The lowest BCUT2D eigenvalue weighted by Gasteiger charge is -2.04. The lowest BCUT2D eigenvalue weighted by Crippen LogP contribution is -1.92. The second kappa shape index (κ2) is 7.97. The van der Waals surface area contributed by atoms with Gasteiger partial charge in [-0.3, -0.25) is 0 Å². The minimum atomic E-state index is -0.0353. The van der Waals surface area contributed by atoms with Crippen molar-refractivity contribution in [3.05, 3.63) is 84.1 Å². The molecule has 0 aliphatic heterocycles. The summed E-state index contributed by atoms with van der Waals surface area (Å²) in [6, 6.07) is 19.8. The Morgan fingerprint density at radius 3 is 2.25 bits per heavy atom. The standard InChI is InChI=1S/C18H18O2/c19-14-18(17-11-5-2-6-12-17)15-20-13-7-10-16-8-3-1-4-9-16/h1-12,15,19H,13-14H2. The predicted molar refractivity (Wildman–Crippen MR) is 82.9 cm³/mol. The van der Waals surface area contributed by atoms with Gasteiger partial charge in [-0.2, -0.15) is 0 Å². The van der Waals surface area contributed by atoms with Crippen LogP contribution in [-0.4, -0.2) is 18.3 Å². The lowest BCUT2D eigenvalue weighted by molar-refractivity contribution is 0.284. The molecule has 0 aromatic heterocycles. The zero-order valence-electron chi connectivity index (χ0n) is 11.3. The summed E-state index contributed by atoms with van der Waals surface area (Å²) in [6.45, 7) is 0.442. The Bertz CT molecular complexity index is 556. The molecule has 0 saturated heterocycles. The van der Waals surface area contributed by atoms with Crippen molar-refractivity contribution in [1.82, 2.24) is 0 Å². The molecule has 0 saturated carbocycles. The van der Waals surface area contributed by atoms with Gasteiger partial charge in [-0.05, 0) is 17.2 Å². The van der Waals surface area contributed by atoms with E-state index in [1.54, 1.807) is 6.26 Å². The van der Waals surface area contributed by atoms with Gasteiger partial charge in [0.2, 0.25) is 0 Å². The highest BCUT2D eigenvalue weighted by Gasteiger charge is 1.98. The molecule has 2 aromatic rings. The summed E-state index contributed by atoms with van der Waals surface area (Å²) in [5, 5.41) is 9.35. The van der Waals surface area contributed by atoms with Gasteiger partial charge in [-0.1, -0.05) is 66.7 Å². The first-order chi connectivity index (χ1) is 9.90. The highest BCUT2D eigenvalue weighted by atomic mass is 16.5. The van der Waals surface area contributed by atoms with Gasteiger partial charge in [-0.15, -0.1) is 0 Å². The summed E-state index contributed by atoms with van der Waals surface area (Å²) >= 11 is 0. The highest BCUT2D eigenvalue weighted by molar-refractivity contribution is 5.65. The third-order valence-corrected chi connectivity index (χ3v) is 2.84. The van der Waals surface area contributed by atoms with Crippen molar-refractivity contribution in [2.24, 2.45) is 0 Å². The van der Waals surface area contributed by atoms with E-state index in [0.717, 1.165) is 16.7 Å². The van der Waals surface area contributed by atoms with Gasteiger partial charge >= 0.3 is 0 Å². The van der Waals surface area contributed by atoms with E-state index in [1.165, 1.54) is 0 Å². The average Bonchev–Trinajstić information content (AvgIpc) is 2.53. The second-order valence-corrected chi connectivity index (χ2v) is 4.31. The first-order valence-electron chi connectivity index (χ1n) is 6.58. The predicted octanol–water partition coefficient (Wildman–Crippen LogP) is 3.75. The van der Waals surface area contributed by atoms with Crippen molar-refractivity contribution < 1.29 is 9.84 Å². The van der Waals surface area contributed by atoms with Crippen molar-refractivity contribution in [1.29, 1.82) is 0 Å². The van der Waals surface area contributed by atoms with Crippen LogP contribution in [0.1, 0.15) is 11.1 Å². The smallest absolute Gasteiger partial charge is 0.106 e. The van der Waals surface area contributed by atoms with Crippen LogP contribution in [0.2, 0.25) is 0 Å². The number of hydrogen-bond acceptors (Lipinski definition) is 2. The lowest BCUT2D eigenvalue weighted by atomic mass is 10.1. The first kappa shape index (κ1) is 14.1. The number of rotatable bonds is 6. The molecule has 0 amide bonds. The summed E-state index contributed by atoms with van der Waals surface area (Å²) < 4.78 is 5.45. The van der Waals surface area contributed by atoms with Gasteiger partial charge in [0, 0.05) is 5.57 Å². The van der Waals surface area contributed by atoms with Gasteiger partial charge in [-0.25, -0.2) is 0 Å². The fourth-order valence-corrected chi connectivity index (χ4v) is 1.80. The molecule has 0 fully saturated rings. The van der Waals surface area contributed by atoms with Crippen molar-refractivity contribution >= 4 is 11.6 Å². The monoisotopic (exact) mass is 266 g/mol. The maximum Gasteiger partial charge on any atom is 0.106 e. The van der Waals surface area contributed by atoms with Crippen LogP contribution < -0.4 is 0 Å². The molecule has 0 radical (unpaired) electrons. The van der Waals surface area contributed by atoms with E-state index < -0.39 is 0 Å². The van der Waals surface area contributed by atoms with E-state index in [1.807, 2.05) is 72.8 Å². The first-order valence-corrected chi connectivity index (χ1v) is 6.58. The van der Waals surface area contributed by atoms with Crippen LogP contribution in [0.5, 0.6) is 0 Å². The fourth-order valence-electron chi connectivity index (χ4n) is 1.80. The van der Waals surface area contributed by atoms with E-state index in [2.05, 4.69) is 0 Å². The number of hydrogen-bond donors (Lipinski definition) is 1.